The lowest BCUT2D eigenvalue weighted by molar-refractivity contribution is -0.128. The standard InChI is InChI=1S/C11H18O/c1-8-10-5-3-2-4-9(10)6-7-11(8)12/h8-10H,2-7H2,1H3/t8-,9-,10-/m0/s1. The average molecular weight is 166 g/mol. The molecule has 0 radical (unpaired) electrons. The quantitative estimate of drug-likeness (QED) is 0.541. The van der Waals surface area contributed by atoms with Gasteiger partial charge in [-0.2, -0.15) is 0 Å². The molecule has 0 saturated heterocycles. The van der Waals surface area contributed by atoms with Crippen molar-refractivity contribution in [3.63, 3.8) is 0 Å². The number of carbonyl (C=O) groups is 1. The van der Waals surface area contributed by atoms with Crippen LogP contribution in [0.15, 0.2) is 0 Å². The van der Waals surface area contributed by atoms with Crippen molar-refractivity contribution in [1.82, 2.24) is 0 Å². The molecule has 0 aromatic rings. The third kappa shape index (κ3) is 1.30. The highest BCUT2D eigenvalue weighted by Gasteiger charge is 2.36. The minimum Gasteiger partial charge on any atom is -0.299 e. The van der Waals surface area contributed by atoms with Crippen molar-refractivity contribution in [2.75, 3.05) is 0 Å². The molecule has 1 nitrogen and oxygen atoms in total. The lowest BCUT2D eigenvalue weighted by atomic mass is 9.66. The van der Waals surface area contributed by atoms with Crippen molar-refractivity contribution in [2.45, 2.75) is 45.4 Å². The summed E-state index contributed by atoms with van der Waals surface area (Å²) in [6.45, 7) is 2.14. The van der Waals surface area contributed by atoms with Crippen LogP contribution in [0.3, 0.4) is 0 Å². The molecular formula is C11H18O. The van der Waals surface area contributed by atoms with Gasteiger partial charge < -0.3 is 0 Å². The van der Waals surface area contributed by atoms with Crippen molar-refractivity contribution in [3.8, 4) is 0 Å². The molecule has 68 valence electrons. The van der Waals surface area contributed by atoms with Crippen LogP contribution in [-0.2, 0) is 4.79 Å². The molecule has 0 spiro atoms. The Bertz CT molecular complexity index is 185. The molecule has 0 aliphatic heterocycles. The van der Waals surface area contributed by atoms with Crippen LogP contribution in [0.4, 0.5) is 0 Å². The summed E-state index contributed by atoms with van der Waals surface area (Å²) in [5, 5.41) is 0. The van der Waals surface area contributed by atoms with E-state index in [9.17, 15) is 4.79 Å². The van der Waals surface area contributed by atoms with E-state index in [0.717, 1.165) is 18.3 Å². The molecule has 1 heteroatoms. The lowest BCUT2D eigenvalue weighted by Crippen LogP contribution is -2.35. The van der Waals surface area contributed by atoms with Crippen molar-refractivity contribution in [1.29, 1.82) is 0 Å². The summed E-state index contributed by atoms with van der Waals surface area (Å²) in [5.74, 6) is 2.55. The van der Waals surface area contributed by atoms with Crippen LogP contribution in [0.25, 0.3) is 0 Å². The Balaban J connectivity index is 2.08. The van der Waals surface area contributed by atoms with Crippen LogP contribution < -0.4 is 0 Å². The fraction of sp³-hybridized carbons (Fsp3) is 0.909. The molecule has 0 heterocycles. The van der Waals surface area contributed by atoms with Crippen molar-refractivity contribution in [3.05, 3.63) is 0 Å². The van der Waals surface area contributed by atoms with Gasteiger partial charge in [0.15, 0.2) is 0 Å². The molecule has 2 fully saturated rings. The number of rotatable bonds is 0. The van der Waals surface area contributed by atoms with Gasteiger partial charge in [-0.15, -0.1) is 0 Å². The van der Waals surface area contributed by atoms with Gasteiger partial charge >= 0.3 is 0 Å². The average Bonchev–Trinajstić information content (AvgIpc) is 2.12. The molecule has 0 N–H and O–H groups in total. The normalized spacial score (nSPS) is 42.4. The molecule has 2 saturated carbocycles. The second kappa shape index (κ2) is 3.20. The van der Waals surface area contributed by atoms with Gasteiger partial charge in [0.2, 0.25) is 0 Å². The summed E-state index contributed by atoms with van der Waals surface area (Å²) >= 11 is 0. The molecule has 2 rings (SSSR count). The first kappa shape index (κ1) is 8.28. The number of carbonyl (C=O) groups excluding carboxylic acids is 1. The third-order valence-corrected chi connectivity index (χ3v) is 3.88. The fourth-order valence-electron chi connectivity index (χ4n) is 3.05. The number of ketones is 1. The number of hydrogen-bond acceptors (Lipinski definition) is 1. The summed E-state index contributed by atoms with van der Waals surface area (Å²) in [7, 11) is 0. The first-order chi connectivity index (χ1) is 5.79. The highest BCUT2D eigenvalue weighted by molar-refractivity contribution is 5.81. The topological polar surface area (TPSA) is 17.1 Å². The Morgan fingerprint density at radius 1 is 1.17 bits per heavy atom. The van der Waals surface area contributed by atoms with Crippen LogP contribution in [0.2, 0.25) is 0 Å². The molecule has 0 bridgehead atoms. The van der Waals surface area contributed by atoms with Gasteiger partial charge in [-0.25, -0.2) is 0 Å². The molecular weight excluding hydrogens is 148 g/mol. The van der Waals surface area contributed by atoms with Gasteiger partial charge in [0, 0.05) is 12.3 Å². The Labute approximate surface area is 74.5 Å². The van der Waals surface area contributed by atoms with Crippen LogP contribution >= 0.6 is 0 Å². The van der Waals surface area contributed by atoms with Crippen LogP contribution in [0.1, 0.15) is 45.4 Å². The largest absolute Gasteiger partial charge is 0.299 e. The van der Waals surface area contributed by atoms with Crippen molar-refractivity contribution >= 4 is 5.78 Å². The van der Waals surface area contributed by atoms with Crippen LogP contribution in [-0.4, -0.2) is 5.78 Å². The zero-order valence-corrected chi connectivity index (χ0v) is 7.88. The van der Waals surface area contributed by atoms with E-state index in [1.165, 1.54) is 32.1 Å². The molecule has 12 heavy (non-hydrogen) atoms. The first-order valence-electron chi connectivity index (χ1n) is 5.32. The fourth-order valence-corrected chi connectivity index (χ4v) is 3.05. The maximum Gasteiger partial charge on any atom is 0.135 e. The predicted molar refractivity (Wildman–Crippen MR) is 48.9 cm³/mol. The zero-order valence-electron chi connectivity index (χ0n) is 7.88. The molecule has 0 aromatic heterocycles. The number of hydrogen-bond donors (Lipinski definition) is 0. The van der Waals surface area contributed by atoms with Gasteiger partial charge in [-0.05, 0) is 24.7 Å². The minimum absolute atomic E-state index is 0.379. The summed E-state index contributed by atoms with van der Waals surface area (Å²) < 4.78 is 0. The van der Waals surface area contributed by atoms with Gasteiger partial charge in [-0.1, -0.05) is 26.2 Å². The van der Waals surface area contributed by atoms with E-state index in [4.69, 9.17) is 0 Å². The molecule has 0 unspecified atom stereocenters. The molecule has 0 amide bonds. The van der Waals surface area contributed by atoms with Gasteiger partial charge in [0.1, 0.15) is 5.78 Å². The zero-order chi connectivity index (χ0) is 8.55. The minimum atomic E-state index is 0.379. The Kier molecular flexibility index (Phi) is 2.20. The van der Waals surface area contributed by atoms with E-state index < -0.39 is 0 Å². The maximum absolute atomic E-state index is 11.4. The second-order valence-corrected chi connectivity index (χ2v) is 4.50. The van der Waals surface area contributed by atoms with E-state index in [0.29, 0.717) is 11.7 Å². The van der Waals surface area contributed by atoms with Crippen LogP contribution in [0.5, 0.6) is 0 Å². The summed E-state index contributed by atoms with van der Waals surface area (Å²) in [6.07, 6.45) is 7.52. The van der Waals surface area contributed by atoms with Crippen molar-refractivity contribution in [2.24, 2.45) is 17.8 Å². The Hall–Kier alpha value is -0.330. The molecule has 3 atom stereocenters. The van der Waals surface area contributed by atoms with Gasteiger partial charge in [0.25, 0.3) is 0 Å². The van der Waals surface area contributed by atoms with E-state index in [2.05, 4.69) is 6.92 Å². The van der Waals surface area contributed by atoms with Crippen LogP contribution in [0, 0.1) is 17.8 Å². The molecule has 0 aromatic carbocycles. The second-order valence-electron chi connectivity index (χ2n) is 4.50. The lowest BCUT2D eigenvalue weighted by Gasteiger charge is -2.38. The van der Waals surface area contributed by atoms with E-state index in [1.54, 1.807) is 0 Å². The monoisotopic (exact) mass is 166 g/mol. The SMILES string of the molecule is C[C@@H]1C(=O)CC[C@@H]2CCCC[C@H]21. The highest BCUT2D eigenvalue weighted by atomic mass is 16.1. The molecule has 2 aliphatic rings. The smallest absolute Gasteiger partial charge is 0.135 e. The Morgan fingerprint density at radius 2 is 1.92 bits per heavy atom. The summed E-state index contributed by atoms with van der Waals surface area (Å²) in [6, 6.07) is 0. The van der Waals surface area contributed by atoms with Gasteiger partial charge in [0.05, 0.1) is 0 Å². The van der Waals surface area contributed by atoms with E-state index in [-0.39, 0.29) is 0 Å². The summed E-state index contributed by atoms with van der Waals surface area (Å²) in [5.41, 5.74) is 0. The van der Waals surface area contributed by atoms with Gasteiger partial charge in [-0.3, -0.25) is 4.79 Å². The van der Waals surface area contributed by atoms with E-state index >= 15 is 0 Å². The maximum atomic E-state index is 11.4. The Morgan fingerprint density at radius 3 is 2.75 bits per heavy atom. The predicted octanol–water partition coefficient (Wildman–Crippen LogP) is 2.79. The number of Topliss-reactive ketones (excluding diaryl/α,β-unsaturated/α-hetero) is 1. The number of fused-ring (bicyclic) bond motifs is 1. The van der Waals surface area contributed by atoms with E-state index in [1.807, 2.05) is 0 Å². The van der Waals surface area contributed by atoms with Crippen molar-refractivity contribution < 1.29 is 4.79 Å². The highest BCUT2D eigenvalue weighted by Crippen LogP contribution is 2.41. The summed E-state index contributed by atoms with van der Waals surface area (Å²) in [4.78, 5) is 11.4. The molecule has 2 aliphatic carbocycles. The third-order valence-electron chi connectivity index (χ3n) is 3.88. The first-order valence-corrected chi connectivity index (χ1v) is 5.32.